The van der Waals surface area contributed by atoms with Crippen LogP contribution in [-0.4, -0.2) is 23.6 Å². The first-order valence-corrected chi connectivity index (χ1v) is 6.19. The van der Waals surface area contributed by atoms with E-state index in [2.05, 4.69) is 28.3 Å². The van der Waals surface area contributed by atoms with E-state index in [-0.39, 0.29) is 6.04 Å². The van der Waals surface area contributed by atoms with Gasteiger partial charge in [-0.25, -0.2) is 4.98 Å². The number of para-hydroxylation sites is 1. The van der Waals surface area contributed by atoms with Gasteiger partial charge in [0, 0.05) is 30.4 Å². The molecule has 1 aromatic carbocycles. The van der Waals surface area contributed by atoms with E-state index >= 15 is 0 Å². The number of likely N-dealkylation sites (N-methyl/N-ethyl adjacent to an activating group) is 1. The van der Waals surface area contributed by atoms with Crippen molar-refractivity contribution < 1.29 is 4.74 Å². The molecule has 0 aliphatic heterocycles. The molecule has 2 rings (SSSR count). The highest BCUT2D eigenvalue weighted by molar-refractivity contribution is 5.36. The van der Waals surface area contributed by atoms with Gasteiger partial charge in [-0.2, -0.15) is 0 Å². The van der Waals surface area contributed by atoms with E-state index in [9.17, 15) is 0 Å². The Hall–Kier alpha value is -1.81. The maximum absolute atomic E-state index is 5.42. The summed E-state index contributed by atoms with van der Waals surface area (Å²) in [4.78, 5) is 7.42. The van der Waals surface area contributed by atoms with Crippen molar-refractivity contribution in [3.05, 3.63) is 48.0 Å². The lowest BCUT2D eigenvalue weighted by atomic mass is 10.0. The number of ether oxygens (including phenoxy) is 1. The quantitative estimate of drug-likeness (QED) is 0.821. The molecule has 4 heteroatoms. The van der Waals surface area contributed by atoms with Crippen LogP contribution in [0.25, 0.3) is 0 Å². The lowest BCUT2D eigenvalue weighted by Crippen LogP contribution is -2.23. The number of hydrogen-bond acceptors (Lipinski definition) is 3. The SMILES string of the molecule is CCNC(Cc1ncc[nH]1)c1ccccc1OC. The Bertz CT molecular complexity index is 468. The molecule has 96 valence electrons. The molecule has 0 amide bonds. The van der Waals surface area contributed by atoms with Crippen molar-refractivity contribution in [2.24, 2.45) is 0 Å². The molecular formula is C14H19N3O. The summed E-state index contributed by atoms with van der Waals surface area (Å²) in [5.74, 6) is 1.89. The summed E-state index contributed by atoms with van der Waals surface area (Å²) in [7, 11) is 1.70. The highest BCUT2D eigenvalue weighted by atomic mass is 16.5. The van der Waals surface area contributed by atoms with Crippen LogP contribution < -0.4 is 10.1 Å². The van der Waals surface area contributed by atoms with Gasteiger partial charge in [-0.15, -0.1) is 0 Å². The summed E-state index contributed by atoms with van der Waals surface area (Å²) >= 11 is 0. The molecule has 1 unspecified atom stereocenters. The van der Waals surface area contributed by atoms with Crippen LogP contribution in [0.4, 0.5) is 0 Å². The van der Waals surface area contributed by atoms with Crippen molar-refractivity contribution in [2.75, 3.05) is 13.7 Å². The van der Waals surface area contributed by atoms with Crippen molar-refractivity contribution in [1.29, 1.82) is 0 Å². The summed E-state index contributed by atoms with van der Waals surface area (Å²) in [6.45, 7) is 3.01. The monoisotopic (exact) mass is 245 g/mol. The minimum atomic E-state index is 0.206. The number of hydrogen-bond donors (Lipinski definition) is 2. The van der Waals surface area contributed by atoms with Gasteiger partial charge in [-0.1, -0.05) is 25.1 Å². The lowest BCUT2D eigenvalue weighted by Gasteiger charge is -2.19. The minimum Gasteiger partial charge on any atom is -0.496 e. The molecule has 4 nitrogen and oxygen atoms in total. The molecule has 0 bridgehead atoms. The normalized spacial score (nSPS) is 12.3. The maximum atomic E-state index is 5.42. The van der Waals surface area contributed by atoms with E-state index in [1.165, 1.54) is 5.56 Å². The Morgan fingerprint density at radius 2 is 2.22 bits per heavy atom. The summed E-state index contributed by atoms with van der Waals surface area (Å²) in [5, 5.41) is 3.47. The van der Waals surface area contributed by atoms with E-state index < -0.39 is 0 Å². The van der Waals surface area contributed by atoms with Crippen molar-refractivity contribution >= 4 is 0 Å². The van der Waals surface area contributed by atoms with Crippen LogP contribution >= 0.6 is 0 Å². The predicted molar refractivity (Wildman–Crippen MR) is 71.7 cm³/mol. The number of aromatic nitrogens is 2. The second-order valence-corrected chi connectivity index (χ2v) is 4.09. The predicted octanol–water partition coefficient (Wildman–Crippen LogP) is 2.31. The highest BCUT2D eigenvalue weighted by Crippen LogP contribution is 2.26. The van der Waals surface area contributed by atoms with Crippen molar-refractivity contribution in [3.8, 4) is 5.75 Å². The number of benzene rings is 1. The summed E-state index contributed by atoms with van der Waals surface area (Å²) in [5.41, 5.74) is 1.17. The average molecular weight is 245 g/mol. The number of imidazole rings is 1. The Kier molecular flexibility index (Phi) is 4.36. The molecule has 2 aromatic rings. The Morgan fingerprint density at radius 3 is 2.89 bits per heavy atom. The summed E-state index contributed by atoms with van der Waals surface area (Å²) in [6.07, 6.45) is 4.45. The average Bonchev–Trinajstić information content (AvgIpc) is 2.91. The van der Waals surface area contributed by atoms with Crippen LogP contribution in [0.15, 0.2) is 36.7 Å². The first-order valence-electron chi connectivity index (χ1n) is 6.19. The molecule has 0 saturated carbocycles. The molecule has 0 spiro atoms. The second kappa shape index (κ2) is 6.21. The third-order valence-corrected chi connectivity index (χ3v) is 2.92. The van der Waals surface area contributed by atoms with Crippen LogP contribution in [0.5, 0.6) is 5.75 Å². The van der Waals surface area contributed by atoms with Gasteiger partial charge in [0.15, 0.2) is 0 Å². The number of nitrogens with zero attached hydrogens (tertiary/aromatic N) is 1. The van der Waals surface area contributed by atoms with Crippen LogP contribution in [0.1, 0.15) is 24.4 Å². The number of aromatic amines is 1. The third kappa shape index (κ3) is 2.90. The second-order valence-electron chi connectivity index (χ2n) is 4.09. The Labute approximate surface area is 107 Å². The Balaban J connectivity index is 2.23. The molecule has 0 saturated heterocycles. The smallest absolute Gasteiger partial charge is 0.123 e. The zero-order chi connectivity index (χ0) is 12.8. The van der Waals surface area contributed by atoms with Gasteiger partial charge in [0.05, 0.1) is 7.11 Å². The molecule has 0 radical (unpaired) electrons. The largest absolute Gasteiger partial charge is 0.496 e. The lowest BCUT2D eigenvalue weighted by molar-refractivity contribution is 0.398. The summed E-state index contributed by atoms with van der Waals surface area (Å²) < 4.78 is 5.42. The first-order chi connectivity index (χ1) is 8.85. The van der Waals surface area contributed by atoms with Crippen LogP contribution in [0.3, 0.4) is 0 Å². The van der Waals surface area contributed by atoms with E-state index in [0.29, 0.717) is 0 Å². The standard InChI is InChI=1S/C14H19N3O/c1-3-15-12(10-14-16-8-9-17-14)11-6-4-5-7-13(11)18-2/h4-9,12,15H,3,10H2,1-2H3,(H,16,17). The summed E-state index contributed by atoms with van der Waals surface area (Å²) in [6, 6.07) is 8.30. The van der Waals surface area contributed by atoms with Gasteiger partial charge in [0.2, 0.25) is 0 Å². The molecule has 0 aliphatic rings. The molecule has 2 N–H and O–H groups in total. The van der Waals surface area contributed by atoms with Gasteiger partial charge in [0.1, 0.15) is 11.6 Å². The number of H-pyrrole nitrogens is 1. The zero-order valence-electron chi connectivity index (χ0n) is 10.8. The van der Waals surface area contributed by atoms with Crippen molar-refractivity contribution in [3.63, 3.8) is 0 Å². The molecule has 0 fully saturated rings. The van der Waals surface area contributed by atoms with E-state index in [1.807, 2.05) is 24.4 Å². The van der Waals surface area contributed by atoms with Gasteiger partial charge in [-0.3, -0.25) is 0 Å². The van der Waals surface area contributed by atoms with E-state index in [4.69, 9.17) is 4.74 Å². The van der Waals surface area contributed by atoms with Crippen molar-refractivity contribution in [2.45, 2.75) is 19.4 Å². The minimum absolute atomic E-state index is 0.206. The number of methoxy groups -OCH3 is 1. The molecule has 1 atom stereocenters. The van der Waals surface area contributed by atoms with Crippen molar-refractivity contribution in [1.82, 2.24) is 15.3 Å². The van der Waals surface area contributed by atoms with Crippen LogP contribution in [-0.2, 0) is 6.42 Å². The van der Waals surface area contributed by atoms with Gasteiger partial charge in [0.25, 0.3) is 0 Å². The van der Waals surface area contributed by atoms with Crippen LogP contribution in [0, 0.1) is 0 Å². The first kappa shape index (κ1) is 12.6. The Morgan fingerprint density at radius 1 is 1.39 bits per heavy atom. The molecule has 18 heavy (non-hydrogen) atoms. The topological polar surface area (TPSA) is 49.9 Å². The fourth-order valence-corrected chi connectivity index (χ4v) is 2.10. The third-order valence-electron chi connectivity index (χ3n) is 2.92. The zero-order valence-corrected chi connectivity index (χ0v) is 10.8. The molecule has 1 heterocycles. The van der Waals surface area contributed by atoms with E-state index in [0.717, 1.165) is 24.5 Å². The van der Waals surface area contributed by atoms with Gasteiger partial charge >= 0.3 is 0 Å². The van der Waals surface area contributed by atoms with E-state index in [1.54, 1.807) is 13.3 Å². The van der Waals surface area contributed by atoms with Crippen LogP contribution in [0.2, 0.25) is 0 Å². The fourth-order valence-electron chi connectivity index (χ4n) is 2.10. The van der Waals surface area contributed by atoms with Gasteiger partial charge in [-0.05, 0) is 12.6 Å². The highest BCUT2D eigenvalue weighted by Gasteiger charge is 2.16. The number of rotatable bonds is 6. The number of nitrogens with one attached hydrogen (secondary N) is 2. The molecule has 1 aromatic heterocycles. The maximum Gasteiger partial charge on any atom is 0.123 e. The molecule has 0 aliphatic carbocycles. The molecular weight excluding hydrogens is 226 g/mol. The fraction of sp³-hybridized carbons (Fsp3) is 0.357. The van der Waals surface area contributed by atoms with Gasteiger partial charge < -0.3 is 15.0 Å².